The first-order valence-corrected chi connectivity index (χ1v) is 5.83. The molecule has 0 bridgehead atoms. The number of nitriles is 1. The fourth-order valence-corrected chi connectivity index (χ4v) is 1.92. The number of nitrogens with zero attached hydrogens (tertiary/aromatic N) is 2. The first kappa shape index (κ1) is 18.6. The van der Waals surface area contributed by atoms with Crippen LogP contribution in [0, 0.1) is 22.8 Å². The van der Waals surface area contributed by atoms with E-state index in [9.17, 15) is 18.0 Å². The van der Waals surface area contributed by atoms with E-state index in [2.05, 4.69) is 5.32 Å². The van der Waals surface area contributed by atoms with E-state index in [0.29, 0.717) is 0 Å². The largest absolute Gasteiger partial charge is 0.395 e. The van der Waals surface area contributed by atoms with E-state index in [4.69, 9.17) is 10.7 Å². The SMILES string of the molecule is CC1(C)NC(=O)N(c2[c-]c(C(F)(F)F)c(C#N)cc2)C1=N.[Y]. The van der Waals surface area contributed by atoms with E-state index >= 15 is 0 Å². The summed E-state index contributed by atoms with van der Waals surface area (Å²) in [7, 11) is 0. The predicted octanol–water partition coefficient (Wildman–Crippen LogP) is 2.66. The van der Waals surface area contributed by atoms with Gasteiger partial charge in [-0.05, 0) is 25.0 Å². The average molecular weight is 384 g/mol. The van der Waals surface area contributed by atoms with Crippen molar-refractivity contribution in [1.82, 2.24) is 5.32 Å². The maximum absolute atomic E-state index is 12.9. The molecule has 2 rings (SSSR count). The molecule has 1 aliphatic heterocycles. The van der Waals surface area contributed by atoms with Gasteiger partial charge in [-0.2, -0.15) is 19.2 Å². The van der Waals surface area contributed by atoms with Crippen LogP contribution < -0.4 is 10.2 Å². The number of halogens is 3. The van der Waals surface area contributed by atoms with Crippen LogP contribution in [-0.2, 0) is 38.9 Å². The Kier molecular flexibility index (Phi) is 5.05. The van der Waals surface area contributed by atoms with Crippen LogP contribution in [0.15, 0.2) is 12.1 Å². The molecule has 2 N–H and O–H groups in total. The molecule has 1 radical (unpaired) electrons. The Balaban J connectivity index is 0.00000242. The van der Waals surface area contributed by atoms with Gasteiger partial charge >= 0.3 is 12.2 Å². The van der Waals surface area contributed by atoms with E-state index in [-0.39, 0.29) is 44.2 Å². The van der Waals surface area contributed by atoms with E-state index in [1.54, 1.807) is 13.8 Å². The number of hydrogen-bond donors (Lipinski definition) is 2. The third kappa shape index (κ3) is 3.15. The van der Waals surface area contributed by atoms with Crippen molar-refractivity contribution >= 4 is 17.6 Å². The van der Waals surface area contributed by atoms with Gasteiger partial charge in [0, 0.05) is 38.8 Å². The van der Waals surface area contributed by atoms with Crippen molar-refractivity contribution in [2.75, 3.05) is 4.90 Å². The van der Waals surface area contributed by atoms with Gasteiger partial charge in [-0.3, -0.25) is 10.3 Å². The van der Waals surface area contributed by atoms with Crippen LogP contribution in [0.4, 0.5) is 23.7 Å². The van der Waals surface area contributed by atoms with Crippen molar-refractivity contribution < 1.29 is 50.7 Å². The summed E-state index contributed by atoms with van der Waals surface area (Å²) < 4.78 is 38.7. The van der Waals surface area contributed by atoms with Gasteiger partial charge in [-0.25, -0.2) is 10.1 Å². The standard InChI is InChI=1S/C13H10F3N4O.Y/c1-12(2)10(18)20(11(21)19-12)8-4-3-7(6-17)9(5-8)13(14,15)16;/h3-4,18H,1-2H3,(H,19,21);/q-1;. The molecule has 9 heteroatoms. The molecule has 0 unspecified atom stereocenters. The van der Waals surface area contributed by atoms with Crippen LogP contribution in [0.1, 0.15) is 25.0 Å². The molecule has 113 valence electrons. The van der Waals surface area contributed by atoms with Gasteiger partial charge in [-0.1, -0.05) is 5.69 Å². The number of amides is 2. The molecule has 22 heavy (non-hydrogen) atoms. The van der Waals surface area contributed by atoms with Crippen LogP contribution in [0.25, 0.3) is 0 Å². The molecule has 1 aromatic rings. The zero-order valence-corrected chi connectivity index (χ0v) is 14.5. The maximum atomic E-state index is 12.9. The van der Waals surface area contributed by atoms with Crippen molar-refractivity contribution in [3.63, 3.8) is 0 Å². The van der Waals surface area contributed by atoms with Gasteiger partial charge in [0.05, 0.1) is 5.54 Å². The summed E-state index contributed by atoms with van der Waals surface area (Å²) in [5, 5.41) is 19.1. The molecule has 0 spiro atoms. The third-order valence-electron chi connectivity index (χ3n) is 3.01. The molecule has 2 amide bonds. The van der Waals surface area contributed by atoms with E-state index in [1.807, 2.05) is 6.07 Å². The van der Waals surface area contributed by atoms with Crippen LogP contribution in [0.3, 0.4) is 0 Å². The molecule has 1 aliphatic rings. The molecular formula is C13H10F3N4OY-. The Morgan fingerprint density at radius 3 is 2.41 bits per heavy atom. The Morgan fingerprint density at radius 1 is 1.41 bits per heavy atom. The summed E-state index contributed by atoms with van der Waals surface area (Å²) in [5.41, 5.74) is -3.06. The van der Waals surface area contributed by atoms with Crippen LogP contribution in [0.2, 0.25) is 0 Å². The smallest absolute Gasteiger partial charge is 0.325 e. The number of nitrogens with one attached hydrogen (secondary N) is 2. The van der Waals surface area contributed by atoms with Gasteiger partial charge < -0.3 is 5.32 Å². The minimum atomic E-state index is -4.77. The monoisotopic (exact) mass is 384 g/mol. The summed E-state index contributed by atoms with van der Waals surface area (Å²) >= 11 is 0. The second kappa shape index (κ2) is 5.97. The van der Waals surface area contributed by atoms with Gasteiger partial charge in [0.15, 0.2) is 0 Å². The molecule has 1 saturated heterocycles. The zero-order chi connectivity index (χ0) is 16.0. The summed E-state index contributed by atoms with van der Waals surface area (Å²) in [6, 6.07) is 4.86. The Labute approximate surface area is 149 Å². The zero-order valence-electron chi connectivity index (χ0n) is 11.7. The minimum Gasteiger partial charge on any atom is -0.325 e. The molecule has 1 fully saturated rings. The van der Waals surface area contributed by atoms with Crippen molar-refractivity contribution in [3.05, 3.63) is 29.3 Å². The Morgan fingerprint density at radius 2 is 2.00 bits per heavy atom. The minimum absolute atomic E-state index is 0. The van der Waals surface area contributed by atoms with Crippen molar-refractivity contribution in [2.45, 2.75) is 25.6 Å². The number of carbonyl (C=O) groups is 1. The molecule has 5 nitrogen and oxygen atoms in total. The molecule has 0 aromatic heterocycles. The number of benzene rings is 1. The fraction of sp³-hybridized carbons (Fsp3) is 0.308. The maximum Gasteiger partial charge on any atom is 0.395 e. The number of amidine groups is 1. The molecule has 1 aromatic carbocycles. The summed E-state index contributed by atoms with van der Waals surface area (Å²) in [6.45, 7) is 3.11. The molecule has 1 heterocycles. The molecule has 0 aliphatic carbocycles. The van der Waals surface area contributed by atoms with Gasteiger partial charge in [0.25, 0.3) is 0 Å². The second-order valence-corrected chi connectivity index (χ2v) is 4.98. The summed E-state index contributed by atoms with van der Waals surface area (Å²) in [4.78, 5) is 12.6. The number of rotatable bonds is 1. The van der Waals surface area contributed by atoms with Gasteiger partial charge in [0.2, 0.25) is 0 Å². The van der Waals surface area contributed by atoms with Crippen molar-refractivity contribution in [3.8, 4) is 6.07 Å². The van der Waals surface area contributed by atoms with Crippen LogP contribution in [-0.4, -0.2) is 17.4 Å². The van der Waals surface area contributed by atoms with E-state index in [0.717, 1.165) is 17.0 Å². The number of urea groups is 1. The Bertz CT molecular complexity index is 679. The number of anilines is 1. The van der Waals surface area contributed by atoms with Crippen LogP contribution in [0.5, 0.6) is 0 Å². The van der Waals surface area contributed by atoms with Gasteiger partial charge in [-0.15, -0.1) is 12.1 Å². The molecular weight excluding hydrogens is 374 g/mol. The van der Waals surface area contributed by atoms with E-state index < -0.39 is 28.9 Å². The fourth-order valence-electron chi connectivity index (χ4n) is 1.92. The Hall–Kier alpha value is -1.46. The first-order chi connectivity index (χ1) is 9.58. The third-order valence-corrected chi connectivity index (χ3v) is 3.01. The molecule has 0 saturated carbocycles. The quantitative estimate of drug-likeness (QED) is 0.731. The summed E-state index contributed by atoms with van der Waals surface area (Å²) in [6.07, 6.45) is -4.77. The second-order valence-electron chi connectivity index (χ2n) is 4.98. The molecule has 0 atom stereocenters. The number of carbonyl (C=O) groups excluding carboxylic acids is 1. The van der Waals surface area contributed by atoms with Crippen molar-refractivity contribution in [1.29, 1.82) is 10.7 Å². The van der Waals surface area contributed by atoms with Crippen LogP contribution >= 0.6 is 0 Å². The number of hydrogen-bond acceptors (Lipinski definition) is 3. The normalized spacial score (nSPS) is 16.8. The summed E-state index contributed by atoms with van der Waals surface area (Å²) in [5.74, 6) is -0.193. The van der Waals surface area contributed by atoms with Crippen molar-refractivity contribution in [2.24, 2.45) is 0 Å². The predicted molar refractivity (Wildman–Crippen MR) is 67.8 cm³/mol. The van der Waals surface area contributed by atoms with E-state index in [1.165, 1.54) is 6.07 Å². The van der Waals surface area contributed by atoms with Gasteiger partial charge in [0.1, 0.15) is 5.84 Å². The average Bonchev–Trinajstić information content (AvgIpc) is 2.56. The number of alkyl halides is 3. The first-order valence-electron chi connectivity index (χ1n) is 5.83. The topological polar surface area (TPSA) is 80.0 Å².